The van der Waals surface area contributed by atoms with Crippen LogP contribution in [0.2, 0.25) is 0 Å². The first kappa shape index (κ1) is 13.2. The third kappa shape index (κ3) is 3.16. The highest BCUT2D eigenvalue weighted by molar-refractivity contribution is 5.87. The summed E-state index contributed by atoms with van der Waals surface area (Å²) in [5, 5.41) is 0. The van der Waals surface area contributed by atoms with Crippen molar-refractivity contribution in [3.63, 3.8) is 0 Å². The zero-order valence-corrected chi connectivity index (χ0v) is 11.1. The van der Waals surface area contributed by atoms with Crippen LogP contribution < -0.4 is 4.74 Å². The van der Waals surface area contributed by atoms with E-state index in [1.807, 2.05) is 41.1 Å². The average Bonchev–Trinajstić information content (AvgIpc) is 2.88. The molecule has 0 bridgehead atoms. The Morgan fingerprint density at radius 3 is 2.58 bits per heavy atom. The number of hydrogen-bond donors (Lipinski definition) is 0. The number of nitrogens with zero attached hydrogens (tertiary/aromatic N) is 1. The molecule has 0 aliphatic heterocycles. The summed E-state index contributed by atoms with van der Waals surface area (Å²) in [6.07, 6.45) is 1.87. The van der Waals surface area contributed by atoms with Crippen LogP contribution in [0.4, 0.5) is 0 Å². The van der Waals surface area contributed by atoms with Gasteiger partial charge < -0.3 is 14.0 Å². The van der Waals surface area contributed by atoms with Crippen LogP contribution in [0.15, 0.2) is 42.6 Å². The fraction of sp³-hybridized carbons (Fsp3) is 0.267. The van der Waals surface area contributed by atoms with E-state index in [4.69, 9.17) is 9.47 Å². The predicted octanol–water partition coefficient (Wildman–Crippen LogP) is 2.72. The predicted molar refractivity (Wildman–Crippen MR) is 72.5 cm³/mol. The first-order valence-electron chi connectivity index (χ1n) is 6.19. The maximum Gasteiger partial charge on any atom is 0.354 e. The van der Waals surface area contributed by atoms with Crippen LogP contribution in [0.1, 0.15) is 23.0 Å². The molecular weight excluding hydrogens is 242 g/mol. The Bertz CT molecular complexity index is 543. The Morgan fingerprint density at radius 2 is 1.95 bits per heavy atom. The number of rotatable bonds is 5. The van der Waals surface area contributed by atoms with E-state index in [0.717, 1.165) is 11.3 Å². The number of esters is 1. The lowest BCUT2D eigenvalue weighted by Gasteiger charge is -2.09. The van der Waals surface area contributed by atoms with Crippen LogP contribution in [0.3, 0.4) is 0 Å². The van der Waals surface area contributed by atoms with E-state index in [1.54, 1.807) is 20.1 Å². The number of benzene rings is 1. The van der Waals surface area contributed by atoms with Gasteiger partial charge in [-0.2, -0.15) is 0 Å². The highest BCUT2D eigenvalue weighted by atomic mass is 16.5. The summed E-state index contributed by atoms with van der Waals surface area (Å²) >= 11 is 0. The van der Waals surface area contributed by atoms with Crippen molar-refractivity contribution in [1.82, 2.24) is 4.57 Å². The number of ether oxygens (including phenoxy) is 2. The van der Waals surface area contributed by atoms with Gasteiger partial charge in [0.15, 0.2) is 0 Å². The van der Waals surface area contributed by atoms with Crippen molar-refractivity contribution >= 4 is 5.97 Å². The average molecular weight is 259 g/mol. The fourth-order valence-electron chi connectivity index (χ4n) is 1.87. The first-order valence-corrected chi connectivity index (χ1v) is 6.19. The van der Waals surface area contributed by atoms with E-state index in [2.05, 4.69) is 0 Å². The molecule has 0 N–H and O–H groups in total. The van der Waals surface area contributed by atoms with Gasteiger partial charge in [0.25, 0.3) is 0 Å². The van der Waals surface area contributed by atoms with E-state index < -0.39 is 0 Å². The standard InChI is InChI=1S/C15H17NO3/c1-3-19-15(17)14-5-4-10-16(14)11-12-6-8-13(18-2)9-7-12/h4-10H,3,11H2,1-2H3. The number of aromatic nitrogens is 1. The molecule has 0 saturated carbocycles. The lowest BCUT2D eigenvalue weighted by atomic mass is 10.2. The van der Waals surface area contributed by atoms with Gasteiger partial charge in [-0.15, -0.1) is 0 Å². The lowest BCUT2D eigenvalue weighted by molar-refractivity contribution is 0.0514. The van der Waals surface area contributed by atoms with Gasteiger partial charge in [-0.1, -0.05) is 12.1 Å². The van der Waals surface area contributed by atoms with Crippen molar-refractivity contribution in [3.8, 4) is 5.75 Å². The molecule has 100 valence electrons. The third-order valence-electron chi connectivity index (χ3n) is 2.83. The van der Waals surface area contributed by atoms with Crippen LogP contribution in [-0.4, -0.2) is 24.3 Å². The van der Waals surface area contributed by atoms with Gasteiger partial charge in [-0.05, 0) is 36.8 Å². The molecule has 0 radical (unpaired) electrons. The summed E-state index contributed by atoms with van der Waals surface area (Å²) in [6.45, 7) is 2.81. The minimum atomic E-state index is -0.291. The van der Waals surface area contributed by atoms with E-state index in [1.165, 1.54) is 0 Å². The molecule has 0 aliphatic rings. The molecule has 1 aromatic carbocycles. The second-order valence-electron chi connectivity index (χ2n) is 4.09. The molecule has 4 nitrogen and oxygen atoms in total. The van der Waals surface area contributed by atoms with Gasteiger partial charge in [0.2, 0.25) is 0 Å². The summed E-state index contributed by atoms with van der Waals surface area (Å²) in [6, 6.07) is 11.4. The van der Waals surface area contributed by atoms with E-state index in [9.17, 15) is 4.79 Å². The maximum atomic E-state index is 11.8. The summed E-state index contributed by atoms with van der Waals surface area (Å²) in [4.78, 5) is 11.8. The molecule has 2 rings (SSSR count). The van der Waals surface area contributed by atoms with Crippen molar-refractivity contribution in [2.24, 2.45) is 0 Å². The second-order valence-corrected chi connectivity index (χ2v) is 4.09. The third-order valence-corrected chi connectivity index (χ3v) is 2.83. The molecule has 0 atom stereocenters. The molecule has 2 aromatic rings. The highest BCUT2D eigenvalue weighted by Crippen LogP contribution is 2.14. The molecule has 0 aliphatic carbocycles. The maximum absolute atomic E-state index is 11.8. The lowest BCUT2D eigenvalue weighted by Crippen LogP contribution is -2.12. The highest BCUT2D eigenvalue weighted by Gasteiger charge is 2.11. The van der Waals surface area contributed by atoms with Gasteiger partial charge in [-0.25, -0.2) is 4.79 Å². The Hall–Kier alpha value is -2.23. The van der Waals surface area contributed by atoms with Crippen LogP contribution in [0.5, 0.6) is 5.75 Å². The zero-order valence-electron chi connectivity index (χ0n) is 11.1. The van der Waals surface area contributed by atoms with Crippen molar-refractivity contribution in [2.75, 3.05) is 13.7 Å². The normalized spacial score (nSPS) is 10.2. The van der Waals surface area contributed by atoms with Gasteiger partial charge >= 0.3 is 5.97 Å². The Kier molecular flexibility index (Phi) is 4.23. The minimum absolute atomic E-state index is 0.291. The molecule has 4 heteroatoms. The topological polar surface area (TPSA) is 40.5 Å². The van der Waals surface area contributed by atoms with Crippen LogP contribution >= 0.6 is 0 Å². The number of methoxy groups -OCH3 is 1. The Morgan fingerprint density at radius 1 is 1.21 bits per heavy atom. The van der Waals surface area contributed by atoms with Crippen LogP contribution in [0, 0.1) is 0 Å². The summed E-state index contributed by atoms with van der Waals surface area (Å²) in [7, 11) is 1.64. The smallest absolute Gasteiger partial charge is 0.354 e. The van der Waals surface area contributed by atoms with Crippen LogP contribution in [0.25, 0.3) is 0 Å². The number of hydrogen-bond acceptors (Lipinski definition) is 3. The summed E-state index contributed by atoms with van der Waals surface area (Å²) in [5.41, 5.74) is 1.67. The summed E-state index contributed by atoms with van der Waals surface area (Å²) in [5.74, 6) is 0.530. The van der Waals surface area contributed by atoms with Gasteiger partial charge in [0.1, 0.15) is 11.4 Å². The quantitative estimate of drug-likeness (QED) is 0.775. The molecule has 0 fully saturated rings. The first-order chi connectivity index (χ1) is 9.24. The molecule has 19 heavy (non-hydrogen) atoms. The SMILES string of the molecule is CCOC(=O)c1cccn1Cc1ccc(OC)cc1. The Balaban J connectivity index is 2.14. The molecule has 0 spiro atoms. The minimum Gasteiger partial charge on any atom is -0.497 e. The molecular formula is C15H17NO3. The van der Waals surface area contributed by atoms with Gasteiger partial charge in [0, 0.05) is 12.7 Å². The van der Waals surface area contributed by atoms with Crippen LogP contribution in [-0.2, 0) is 11.3 Å². The number of carbonyl (C=O) groups excluding carboxylic acids is 1. The fourth-order valence-corrected chi connectivity index (χ4v) is 1.87. The van der Waals surface area contributed by atoms with E-state index in [0.29, 0.717) is 18.8 Å². The van der Waals surface area contributed by atoms with E-state index in [-0.39, 0.29) is 5.97 Å². The van der Waals surface area contributed by atoms with E-state index >= 15 is 0 Å². The largest absolute Gasteiger partial charge is 0.497 e. The van der Waals surface area contributed by atoms with Gasteiger partial charge in [0.05, 0.1) is 13.7 Å². The van der Waals surface area contributed by atoms with Gasteiger partial charge in [-0.3, -0.25) is 0 Å². The molecule has 0 amide bonds. The molecule has 0 unspecified atom stereocenters. The molecule has 1 aromatic heterocycles. The number of carbonyl (C=O) groups is 1. The second kappa shape index (κ2) is 6.09. The Labute approximate surface area is 112 Å². The zero-order chi connectivity index (χ0) is 13.7. The van der Waals surface area contributed by atoms with Crippen molar-refractivity contribution in [3.05, 3.63) is 53.9 Å². The molecule has 0 saturated heterocycles. The van der Waals surface area contributed by atoms with Crippen molar-refractivity contribution < 1.29 is 14.3 Å². The van der Waals surface area contributed by atoms with Crippen molar-refractivity contribution in [2.45, 2.75) is 13.5 Å². The van der Waals surface area contributed by atoms with Crippen molar-refractivity contribution in [1.29, 1.82) is 0 Å². The monoisotopic (exact) mass is 259 g/mol. The summed E-state index contributed by atoms with van der Waals surface area (Å²) < 4.78 is 12.0. The molecule has 1 heterocycles.